The van der Waals surface area contributed by atoms with Crippen molar-refractivity contribution in [3.8, 4) is 0 Å². The third-order valence-corrected chi connectivity index (χ3v) is 15.8. The quantitative estimate of drug-likeness (QED) is 0.0299. The number of carboxylic acids is 2. The van der Waals surface area contributed by atoms with Crippen molar-refractivity contribution in [2.45, 2.75) is 206 Å². The molecule has 0 atom stereocenters. The third-order valence-electron chi connectivity index (χ3n) is 8.07. The summed E-state index contributed by atoms with van der Waals surface area (Å²) in [6.07, 6.45) is 39.6. The van der Waals surface area contributed by atoms with E-state index in [9.17, 15) is 14.4 Å². The summed E-state index contributed by atoms with van der Waals surface area (Å²) in [6.45, 7) is 6.84. The number of carbonyl (C=O) groups excluding carboxylic acids is 1. The van der Waals surface area contributed by atoms with Gasteiger partial charge in [-0.1, -0.05) is 39.0 Å². The summed E-state index contributed by atoms with van der Waals surface area (Å²) >= 11 is -2.03. The summed E-state index contributed by atoms with van der Waals surface area (Å²) in [5.41, 5.74) is 0. The Labute approximate surface area is 321 Å². The van der Waals surface area contributed by atoms with Crippen molar-refractivity contribution in [3.05, 3.63) is 24.3 Å². The standard InChI is InChI=1S/C18H34O2.2C8H17.C4H4O4.2CH3.H2O.2Sn.2H/c1-2-3-4-5-6-7-8-9-10-11-12-13-14-15-16-17-18(19)20;2*1-3-5-7-8-6-4-2;5-3(6)1-2-4(7)8;;;;;;;/h9-10H,2-8,11-17H2,1H3,(H,19,20);2*1,3-8H2,2H3;1-2H,(H,5,6)(H,7,8);2*1H3;1H2;;;;/q;;;;;;;;+1;;/p-1/b10-9-;;;2-1-;;;;;;;. The predicted octanol–water partition coefficient (Wildman–Crippen LogP) is 11.4. The second kappa shape index (κ2) is 49.6. The van der Waals surface area contributed by atoms with Gasteiger partial charge in [0.25, 0.3) is 0 Å². The van der Waals surface area contributed by atoms with Crippen LogP contribution in [0.5, 0.6) is 0 Å². The maximum atomic E-state index is 12.6. The Morgan fingerprint density at radius 3 is 1.18 bits per heavy atom. The van der Waals surface area contributed by atoms with Gasteiger partial charge in [-0.25, -0.2) is 9.59 Å². The second-order valence-electron chi connectivity index (χ2n) is 13.1. The fraction of sp³-hybridized carbons (Fsp3) is 0.825. The zero-order valence-electron chi connectivity index (χ0n) is 32.8. The SMILES string of the molecule is CCCCCCCC/C=C\CCCCCCCC(=O)[O][SnH]([CH2]CCCCCCC)[CH2]CCCCCCC.O.O=C(O)/C=C\C(=O)O.[CH3][SnH][CH3]. The first kappa shape index (κ1) is 55.2. The molecule has 0 unspecified atom stereocenters. The minimum absolute atomic E-state index is 0. The van der Waals surface area contributed by atoms with E-state index >= 15 is 0 Å². The van der Waals surface area contributed by atoms with Gasteiger partial charge in [-0.2, -0.15) is 0 Å². The van der Waals surface area contributed by atoms with E-state index in [0.29, 0.717) is 18.6 Å². The van der Waals surface area contributed by atoms with Gasteiger partial charge >= 0.3 is 240 Å². The molecule has 0 aromatic carbocycles. The molecule has 0 spiro atoms. The van der Waals surface area contributed by atoms with Gasteiger partial charge in [0.2, 0.25) is 0 Å². The van der Waals surface area contributed by atoms with Gasteiger partial charge in [-0.3, -0.25) is 0 Å². The van der Waals surface area contributed by atoms with E-state index < -0.39 is 32.1 Å². The summed E-state index contributed by atoms with van der Waals surface area (Å²) in [5.74, 6) is -2.37. The molecule has 0 fully saturated rings. The van der Waals surface area contributed by atoms with E-state index in [4.69, 9.17) is 13.3 Å². The molecular weight excluding hydrogens is 830 g/mol. The molecule has 0 aromatic heterocycles. The molecule has 0 aromatic rings. The number of carbonyl (C=O) groups is 3. The number of rotatable bonds is 32. The zero-order chi connectivity index (χ0) is 36.4. The van der Waals surface area contributed by atoms with Gasteiger partial charge in [-0.15, -0.1) is 0 Å². The van der Waals surface area contributed by atoms with Crippen LogP contribution < -0.4 is 0 Å². The summed E-state index contributed by atoms with van der Waals surface area (Å²) in [6, 6.07) is 0. The van der Waals surface area contributed by atoms with Gasteiger partial charge in [0.1, 0.15) is 0 Å². The van der Waals surface area contributed by atoms with Gasteiger partial charge in [-0.05, 0) is 6.42 Å². The van der Waals surface area contributed by atoms with Crippen molar-refractivity contribution in [1.29, 1.82) is 0 Å². The van der Waals surface area contributed by atoms with E-state index in [0.717, 1.165) is 6.42 Å². The molecule has 0 saturated carbocycles. The van der Waals surface area contributed by atoms with E-state index in [1.807, 2.05) is 0 Å². The summed E-state index contributed by atoms with van der Waals surface area (Å²) in [4.78, 5) is 36.3. The topological polar surface area (TPSA) is 132 Å². The molecule has 0 bridgehead atoms. The van der Waals surface area contributed by atoms with Crippen molar-refractivity contribution in [2.75, 3.05) is 0 Å². The van der Waals surface area contributed by atoms with Crippen molar-refractivity contribution in [2.24, 2.45) is 0 Å². The van der Waals surface area contributed by atoms with Crippen LogP contribution in [0.4, 0.5) is 0 Å². The first-order valence-electron chi connectivity index (χ1n) is 20.0. The fourth-order valence-electron chi connectivity index (χ4n) is 5.29. The van der Waals surface area contributed by atoms with Crippen LogP contribution >= 0.6 is 0 Å². The molecular formula is C40H81O7Sn2. The molecule has 0 saturated heterocycles. The van der Waals surface area contributed by atoms with Crippen LogP contribution in [0.2, 0.25) is 18.8 Å². The molecule has 0 amide bonds. The van der Waals surface area contributed by atoms with Gasteiger partial charge in [0.05, 0.1) is 0 Å². The van der Waals surface area contributed by atoms with E-state index in [2.05, 4.69) is 42.8 Å². The average Bonchev–Trinajstić information content (AvgIpc) is 3.05. The van der Waals surface area contributed by atoms with Crippen molar-refractivity contribution in [1.82, 2.24) is 0 Å². The van der Waals surface area contributed by atoms with E-state index in [1.165, 1.54) is 163 Å². The third kappa shape index (κ3) is 57.0. The molecule has 1 radical (unpaired) electrons. The van der Waals surface area contributed by atoms with Crippen molar-refractivity contribution in [3.63, 3.8) is 0 Å². The van der Waals surface area contributed by atoms with Crippen LogP contribution in [0.1, 0.15) is 188 Å². The Bertz CT molecular complexity index is 712. The number of allylic oxidation sites excluding steroid dienone is 2. The number of hydrogen-bond donors (Lipinski definition) is 2. The summed E-state index contributed by atoms with van der Waals surface area (Å²) in [5, 5.41) is 15.6. The molecule has 0 heterocycles. The van der Waals surface area contributed by atoms with Crippen LogP contribution in [0, 0.1) is 0 Å². The molecule has 7 nitrogen and oxygen atoms in total. The number of carboxylic acid groups (broad SMARTS) is 2. The molecule has 4 N–H and O–H groups in total. The van der Waals surface area contributed by atoms with Crippen LogP contribution in [0.15, 0.2) is 24.3 Å². The summed E-state index contributed by atoms with van der Waals surface area (Å²) < 4.78 is 8.74. The average molecular weight is 912 g/mol. The van der Waals surface area contributed by atoms with E-state index in [-0.39, 0.29) is 32.6 Å². The summed E-state index contributed by atoms with van der Waals surface area (Å²) in [7, 11) is 0. The first-order valence-corrected chi connectivity index (χ1v) is 32.6. The molecule has 49 heavy (non-hydrogen) atoms. The van der Waals surface area contributed by atoms with Gasteiger partial charge in [0, 0.05) is 12.2 Å². The monoisotopic (exact) mass is 913 g/mol. The molecule has 0 aliphatic heterocycles. The number of hydrogen-bond acceptors (Lipinski definition) is 4. The molecule has 0 aliphatic carbocycles. The zero-order valence-corrected chi connectivity index (χ0v) is 39.4. The second-order valence-corrected chi connectivity index (χ2v) is 24.0. The number of aliphatic carboxylic acids is 2. The van der Waals surface area contributed by atoms with Crippen LogP contribution in [0.3, 0.4) is 0 Å². The van der Waals surface area contributed by atoms with Crippen LogP contribution in [0.25, 0.3) is 0 Å². The fourth-order valence-corrected chi connectivity index (χ4v) is 12.4. The predicted molar refractivity (Wildman–Crippen MR) is 216 cm³/mol. The molecule has 291 valence electrons. The molecule has 9 heteroatoms. The molecule has 0 aliphatic rings. The van der Waals surface area contributed by atoms with Gasteiger partial charge in [0.15, 0.2) is 0 Å². The Morgan fingerprint density at radius 2 is 0.837 bits per heavy atom. The van der Waals surface area contributed by atoms with Gasteiger partial charge < -0.3 is 15.7 Å². The normalized spacial score (nSPS) is 10.7. The Morgan fingerprint density at radius 1 is 0.531 bits per heavy atom. The number of unbranched alkanes of at least 4 members (excludes halogenated alkanes) is 21. The van der Waals surface area contributed by atoms with Crippen LogP contribution in [-0.4, -0.2) is 74.9 Å². The maximum absolute atomic E-state index is 12.6. The Kier molecular flexibility index (Phi) is 55.8. The van der Waals surface area contributed by atoms with Crippen molar-refractivity contribution >= 4 is 59.2 Å². The molecule has 0 rings (SSSR count). The van der Waals surface area contributed by atoms with Crippen molar-refractivity contribution < 1.29 is 33.1 Å². The van der Waals surface area contributed by atoms with E-state index in [1.54, 1.807) is 0 Å². The Hall–Kier alpha value is -0.553. The Balaban J connectivity index is -0.000000723. The van der Waals surface area contributed by atoms with Crippen LogP contribution in [-0.2, 0) is 17.5 Å². The minimum atomic E-state index is -2.14. The first-order chi connectivity index (χ1) is 23.3.